The third kappa shape index (κ3) is 4.31. The lowest BCUT2D eigenvalue weighted by molar-refractivity contribution is -0.114. The summed E-state index contributed by atoms with van der Waals surface area (Å²) in [6.45, 7) is 0.346. The highest BCUT2D eigenvalue weighted by molar-refractivity contribution is 6.52. The van der Waals surface area contributed by atoms with Gasteiger partial charge in [-0.2, -0.15) is 8.78 Å². The van der Waals surface area contributed by atoms with E-state index in [9.17, 15) is 18.4 Å². The van der Waals surface area contributed by atoms with Crippen molar-refractivity contribution in [3.8, 4) is 23.0 Å². The lowest BCUT2D eigenvalue weighted by atomic mass is 10.1. The van der Waals surface area contributed by atoms with Gasteiger partial charge in [0.1, 0.15) is 13.2 Å². The molecule has 0 aromatic heterocycles. The second-order valence-corrected chi connectivity index (χ2v) is 7.32. The molecule has 0 bridgehead atoms. The highest BCUT2D eigenvalue weighted by Gasteiger charge is 2.38. The molecule has 0 unspecified atom stereocenters. The number of benzene rings is 2. The Balaban J connectivity index is 1.51. The van der Waals surface area contributed by atoms with Crippen LogP contribution in [0.1, 0.15) is 22.8 Å². The summed E-state index contributed by atoms with van der Waals surface area (Å²) in [5.74, 6) is -0.140. The highest BCUT2D eigenvalue weighted by atomic mass is 19.3. The molecule has 0 radical (unpaired) electrons. The molecule has 2 aromatic carbocycles. The third-order valence-electron chi connectivity index (χ3n) is 4.99. The van der Waals surface area contributed by atoms with E-state index in [2.05, 4.69) is 4.74 Å². The van der Waals surface area contributed by atoms with Crippen LogP contribution in [0.15, 0.2) is 30.3 Å². The molecule has 0 saturated heterocycles. The van der Waals surface area contributed by atoms with Gasteiger partial charge < -0.3 is 18.9 Å². The summed E-state index contributed by atoms with van der Waals surface area (Å²) in [6, 6.07) is 7.86. The van der Waals surface area contributed by atoms with Gasteiger partial charge in [-0.1, -0.05) is 6.07 Å². The summed E-state index contributed by atoms with van der Waals surface area (Å²) in [4.78, 5) is 28.3. The molecule has 170 valence electrons. The van der Waals surface area contributed by atoms with Crippen LogP contribution in [-0.4, -0.2) is 56.7 Å². The van der Waals surface area contributed by atoms with Crippen molar-refractivity contribution in [2.45, 2.75) is 20.1 Å². The maximum atomic E-state index is 12.6. The van der Waals surface area contributed by atoms with Gasteiger partial charge in [0.2, 0.25) is 0 Å². The zero-order valence-electron chi connectivity index (χ0n) is 17.6. The van der Waals surface area contributed by atoms with Gasteiger partial charge in [0, 0.05) is 12.6 Å². The number of carbonyl (C=O) groups is 2. The smallest absolute Gasteiger partial charge is 0.387 e. The van der Waals surface area contributed by atoms with Crippen LogP contribution in [0.3, 0.4) is 0 Å². The molecule has 0 spiro atoms. The van der Waals surface area contributed by atoms with Gasteiger partial charge >= 0.3 is 12.5 Å². The Labute approximate surface area is 183 Å². The Bertz CT molecular complexity index is 1050. The molecule has 1 amide bonds. The first kappa shape index (κ1) is 21.8. The summed E-state index contributed by atoms with van der Waals surface area (Å²) in [5, 5.41) is 0. The van der Waals surface area contributed by atoms with E-state index in [0.717, 1.165) is 5.56 Å². The third-order valence-corrected chi connectivity index (χ3v) is 4.99. The Hall–Kier alpha value is -3.40. The molecule has 8 nitrogen and oxygen atoms in total. The van der Waals surface area contributed by atoms with E-state index in [1.165, 1.54) is 11.0 Å². The fourth-order valence-electron chi connectivity index (χ4n) is 3.69. The van der Waals surface area contributed by atoms with Gasteiger partial charge in [-0.25, -0.2) is 0 Å². The number of Topliss-reactive ketones (excluding diaryl/α,β-unsaturated/α-hetero) is 1. The second kappa shape index (κ2) is 8.99. The Morgan fingerprint density at radius 1 is 1.09 bits per heavy atom. The molecule has 2 aliphatic heterocycles. The lowest BCUT2D eigenvalue weighted by Crippen LogP contribution is -2.39. The molecule has 0 fully saturated rings. The first-order valence-corrected chi connectivity index (χ1v) is 10.1. The fourth-order valence-corrected chi connectivity index (χ4v) is 3.69. The normalized spacial score (nSPS) is 14.9. The van der Waals surface area contributed by atoms with Gasteiger partial charge in [-0.05, 0) is 37.7 Å². The number of halogens is 2. The van der Waals surface area contributed by atoms with E-state index in [4.69, 9.17) is 14.2 Å². The predicted octanol–water partition coefficient (Wildman–Crippen LogP) is 3.08. The maximum Gasteiger partial charge on any atom is 0.387 e. The summed E-state index contributed by atoms with van der Waals surface area (Å²) in [7, 11) is 1.78. The number of alkyl halides is 2. The van der Waals surface area contributed by atoms with Crippen LogP contribution < -0.4 is 23.8 Å². The van der Waals surface area contributed by atoms with Gasteiger partial charge in [-0.3, -0.25) is 19.4 Å². The quantitative estimate of drug-likeness (QED) is 0.575. The number of rotatable bonds is 8. The number of hydrogen-bond acceptors (Lipinski definition) is 7. The number of ether oxygens (including phenoxy) is 4. The van der Waals surface area contributed by atoms with E-state index in [-0.39, 0.29) is 30.3 Å². The SMILES string of the molecule is CCOc1cc(CN(C)CN2C(=O)C(=O)c3cc4c(cc32)OCCO4)ccc1OC(F)F. The zero-order chi connectivity index (χ0) is 22.8. The van der Waals surface area contributed by atoms with Crippen LogP contribution in [0.4, 0.5) is 14.5 Å². The van der Waals surface area contributed by atoms with Gasteiger partial charge in [0.15, 0.2) is 23.0 Å². The number of carbonyl (C=O) groups excluding carboxylic acids is 2. The van der Waals surface area contributed by atoms with E-state index < -0.39 is 18.3 Å². The molecule has 32 heavy (non-hydrogen) atoms. The number of amides is 1. The second-order valence-electron chi connectivity index (χ2n) is 7.32. The lowest BCUT2D eigenvalue weighted by Gasteiger charge is -2.26. The van der Waals surface area contributed by atoms with Crippen molar-refractivity contribution in [3.05, 3.63) is 41.5 Å². The average Bonchev–Trinajstić information content (AvgIpc) is 2.98. The van der Waals surface area contributed by atoms with E-state index in [0.29, 0.717) is 36.9 Å². The van der Waals surface area contributed by atoms with Crippen LogP contribution in [0.2, 0.25) is 0 Å². The first-order valence-electron chi connectivity index (χ1n) is 10.1. The predicted molar refractivity (Wildman–Crippen MR) is 110 cm³/mol. The van der Waals surface area contributed by atoms with Crippen LogP contribution in [0.5, 0.6) is 23.0 Å². The maximum absolute atomic E-state index is 12.6. The fraction of sp³-hybridized carbons (Fsp3) is 0.364. The van der Waals surface area contributed by atoms with Crippen LogP contribution in [-0.2, 0) is 11.3 Å². The van der Waals surface area contributed by atoms with Crippen molar-refractivity contribution in [1.82, 2.24) is 4.90 Å². The van der Waals surface area contributed by atoms with Crippen LogP contribution >= 0.6 is 0 Å². The topological polar surface area (TPSA) is 77.5 Å². The minimum atomic E-state index is -2.96. The molecule has 2 aromatic rings. The highest BCUT2D eigenvalue weighted by Crippen LogP contribution is 2.40. The molecule has 4 rings (SSSR count). The molecule has 0 saturated carbocycles. The van der Waals surface area contributed by atoms with Crippen LogP contribution in [0.25, 0.3) is 0 Å². The van der Waals surface area contributed by atoms with E-state index in [1.54, 1.807) is 38.2 Å². The number of ketones is 1. The number of hydrogen-bond donors (Lipinski definition) is 0. The Morgan fingerprint density at radius 2 is 1.81 bits per heavy atom. The van der Waals surface area contributed by atoms with Crippen molar-refractivity contribution >= 4 is 17.4 Å². The van der Waals surface area contributed by atoms with Crippen molar-refractivity contribution in [1.29, 1.82) is 0 Å². The van der Waals surface area contributed by atoms with Crippen LogP contribution in [0, 0.1) is 0 Å². The summed E-state index contributed by atoms with van der Waals surface area (Å²) < 4.78 is 46.2. The molecule has 0 atom stereocenters. The average molecular weight is 448 g/mol. The van der Waals surface area contributed by atoms with Crippen molar-refractivity contribution < 1.29 is 37.3 Å². The first-order chi connectivity index (χ1) is 15.4. The zero-order valence-corrected chi connectivity index (χ0v) is 17.6. The number of anilines is 1. The molecule has 2 heterocycles. The van der Waals surface area contributed by atoms with Gasteiger partial charge in [-0.15, -0.1) is 0 Å². The van der Waals surface area contributed by atoms with Crippen molar-refractivity contribution in [2.75, 3.05) is 38.4 Å². The minimum absolute atomic E-state index is 0.0468. The molecule has 10 heteroatoms. The molecule has 0 aliphatic carbocycles. The Kier molecular flexibility index (Phi) is 6.13. The molecule has 2 aliphatic rings. The van der Waals surface area contributed by atoms with Crippen molar-refractivity contribution in [3.63, 3.8) is 0 Å². The summed E-state index contributed by atoms with van der Waals surface area (Å²) in [5.41, 5.74) is 1.50. The monoisotopic (exact) mass is 448 g/mol. The Morgan fingerprint density at radius 3 is 2.50 bits per heavy atom. The molecular formula is C22H22F2N2O6. The van der Waals surface area contributed by atoms with Gasteiger partial charge in [0.05, 0.1) is 24.5 Å². The summed E-state index contributed by atoms with van der Waals surface area (Å²) >= 11 is 0. The van der Waals surface area contributed by atoms with E-state index in [1.807, 2.05) is 4.90 Å². The standard InChI is InChI=1S/C22H22F2N2O6/c1-3-29-17-8-13(4-5-16(17)32-22(23)24)11-25(2)12-26-15-10-19-18(30-6-7-31-19)9-14(15)20(27)21(26)28/h4-5,8-10,22H,3,6-7,11-12H2,1-2H3. The van der Waals surface area contributed by atoms with E-state index >= 15 is 0 Å². The van der Waals surface area contributed by atoms with Crippen molar-refractivity contribution in [2.24, 2.45) is 0 Å². The number of fused-ring (bicyclic) bond motifs is 2. The largest absolute Gasteiger partial charge is 0.490 e. The summed E-state index contributed by atoms with van der Waals surface area (Å²) in [6.07, 6.45) is 0. The molecule has 0 N–H and O–H groups in total. The van der Waals surface area contributed by atoms with Gasteiger partial charge in [0.25, 0.3) is 5.78 Å². The minimum Gasteiger partial charge on any atom is -0.490 e. The number of nitrogens with zero attached hydrogens (tertiary/aromatic N) is 2. The molecular weight excluding hydrogens is 426 g/mol.